The van der Waals surface area contributed by atoms with E-state index >= 15 is 0 Å². The third-order valence-corrected chi connectivity index (χ3v) is 4.58. The van der Waals surface area contributed by atoms with Crippen molar-refractivity contribution in [1.29, 1.82) is 0 Å². The fourth-order valence-corrected chi connectivity index (χ4v) is 3.15. The summed E-state index contributed by atoms with van der Waals surface area (Å²) in [6, 6.07) is 2.47. The summed E-state index contributed by atoms with van der Waals surface area (Å²) in [6.45, 7) is 4.01. The molecule has 0 N–H and O–H groups in total. The first-order valence-corrected chi connectivity index (χ1v) is 7.64. The fourth-order valence-electron chi connectivity index (χ4n) is 3.00. The molecular formula is C16H16ClN3O. The predicted octanol–water partition coefficient (Wildman–Crippen LogP) is 3.64. The summed E-state index contributed by atoms with van der Waals surface area (Å²) in [5.41, 5.74) is 2.28. The number of anilines is 1. The number of rotatable bonds is 2. The zero-order valence-electron chi connectivity index (χ0n) is 11.8. The topological polar surface area (TPSA) is 38.2 Å². The summed E-state index contributed by atoms with van der Waals surface area (Å²) in [5, 5.41) is 2.68. The van der Waals surface area contributed by atoms with Gasteiger partial charge in [0.05, 0.1) is 12.9 Å². The first-order chi connectivity index (χ1) is 10.2. The van der Waals surface area contributed by atoms with Crippen molar-refractivity contribution in [3.63, 3.8) is 0 Å². The van der Waals surface area contributed by atoms with E-state index in [2.05, 4.69) is 16.8 Å². The molecule has 2 aromatic rings. The maximum absolute atomic E-state index is 6.11. The van der Waals surface area contributed by atoms with Crippen LogP contribution in [0.1, 0.15) is 25.3 Å². The molecule has 108 valence electrons. The highest BCUT2D eigenvalue weighted by atomic mass is 35.5. The maximum atomic E-state index is 6.11. The van der Waals surface area contributed by atoms with Crippen molar-refractivity contribution in [2.45, 2.75) is 25.8 Å². The highest BCUT2D eigenvalue weighted by molar-refractivity contribution is 6.30. The second-order valence-corrected chi connectivity index (χ2v) is 6.03. The van der Waals surface area contributed by atoms with Crippen LogP contribution in [0.25, 0.3) is 16.3 Å². The van der Waals surface area contributed by atoms with Crippen LogP contribution in [0.3, 0.4) is 0 Å². The van der Waals surface area contributed by atoms with Crippen molar-refractivity contribution in [3.8, 4) is 0 Å². The fraction of sp³-hybridized carbons (Fsp3) is 0.375. The van der Waals surface area contributed by atoms with Crippen molar-refractivity contribution >= 4 is 33.8 Å². The van der Waals surface area contributed by atoms with E-state index in [1.165, 1.54) is 12.0 Å². The molecule has 1 atom stereocenters. The molecule has 4 heterocycles. The molecule has 2 aromatic heterocycles. The quantitative estimate of drug-likeness (QED) is 0.794. The molecule has 1 saturated heterocycles. The summed E-state index contributed by atoms with van der Waals surface area (Å²) < 4.78 is 5.37. The minimum Gasteiger partial charge on any atom is -0.501 e. The van der Waals surface area contributed by atoms with E-state index in [0.29, 0.717) is 11.2 Å². The Balaban J connectivity index is 1.92. The van der Waals surface area contributed by atoms with Crippen LogP contribution in [0.4, 0.5) is 5.82 Å². The molecule has 0 unspecified atom stereocenters. The van der Waals surface area contributed by atoms with E-state index in [4.69, 9.17) is 21.3 Å². The number of halogens is 1. The molecule has 0 amide bonds. The summed E-state index contributed by atoms with van der Waals surface area (Å²) in [4.78, 5) is 11.3. The number of pyridine rings is 2. The van der Waals surface area contributed by atoms with E-state index < -0.39 is 0 Å². The lowest BCUT2D eigenvalue weighted by Crippen LogP contribution is -2.46. The van der Waals surface area contributed by atoms with Gasteiger partial charge in [0.25, 0.3) is 0 Å². The zero-order valence-corrected chi connectivity index (χ0v) is 12.6. The van der Waals surface area contributed by atoms with Gasteiger partial charge in [-0.05, 0) is 30.4 Å². The molecule has 0 aliphatic carbocycles. The Kier molecular flexibility index (Phi) is 3.00. The van der Waals surface area contributed by atoms with Crippen molar-refractivity contribution in [1.82, 2.24) is 9.97 Å². The van der Waals surface area contributed by atoms with Crippen molar-refractivity contribution < 1.29 is 4.74 Å². The van der Waals surface area contributed by atoms with Gasteiger partial charge in [0.1, 0.15) is 11.0 Å². The Morgan fingerprint density at radius 2 is 2.19 bits per heavy atom. The first kappa shape index (κ1) is 12.9. The van der Waals surface area contributed by atoms with Crippen LogP contribution in [-0.2, 0) is 4.74 Å². The summed E-state index contributed by atoms with van der Waals surface area (Å²) in [5.74, 6) is 1.01. The largest absolute Gasteiger partial charge is 0.501 e. The average molecular weight is 302 g/mol. The smallest absolute Gasteiger partial charge is 0.138 e. The second-order valence-electron chi connectivity index (χ2n) is 5.64. The maximum Gasteiger partial charge on any atom is 0.138 e. The van der Waals surface area contributed by atoms with Crippen LogP contribution in [0.15, 0.2) is 24.7 Å². The minimum atomic E-state index is 0.511. The zero-order chi connectivity index (χ0) is 14.4. The summed E-state index contributed by atoms with van der Waals surface area (Å²) in [7, 11) is 0. The molecule has 2 aliphatic heterocycles. The normalized spacial score (nSPS) is 21.1. The van der Waals surface area contributed by atoms with Gasteiger partial charge in [-0.1, -0.05) is 11.6 Å². The van der Waals surface area contributed by atoms with Gasteiger partial charge in [0.15, 0.2) is 0 Å². The molecule has 0 radical (unpaired) electrons. The minimum absolute atomic E-state index is 0.511. The van der Waals surface area contributed by atoms with Crippen molar-refractivity contribution in [3.05, 3.63) is 35.4 Å². The highest BCUT2D eigenvalue weighted by Crippen LogP contribution is 2.36. The molecule has 0 aromatic carbocycles. The van der Waals surface area contributed by atoms with Gasteiger partial charge >= 0.3 is 0 Å². The molecule has 21 heavy (non-hydrogen) atoms. The highest BCUT2D eigenvalue weighted by Gasteiger charge is 2.27. The average Bonchev–Trinajstić information content (AvgIpc) is 2.99. The third-order valence-electron chi connectivity index (χ3n) is 4.37. The number of ether oxygens (including phenoxy) is 1. The molecule has 4 nitrogen and oxygen atoms in total. The number of hydrogen-bond donors (Lipinski definition) is 0. The monoisotopic (exact) mass is 301 g/mol. The lowest BCUT2D eigenvalue weighted by atomic mass is 9.99. The molecule has 0 spiro atoms. The number of fused-ring (bicyclic) bond motifs is 1. The standard InChI is InChI=1S/C16H16ClN3O/c1-10-2-4-20(10)16-14-8-18-15(17)6-12(14)13(7-19-16)11-3-5-21-9-11/h6-10H,2-5H2,1H3/t10-/m1/s1. The number of hydrogen-bond acceptors (Lipinski definition) is 4. The Morgan fingerprint density at radius 1 is 1.29 bits per heavy atom. The van der Waals surface area contributed by atoms with Crippen LogP contribution < -0.4 is 4.90 Å². The molecule has 0 bridgehead atoms. The molecule has 5 heteroatoms. The van der Waals surface area contributed by atoms with E-state index in [9.17, 15) is 0 Å². The van der Waals surface area contributed by atoms with Gasteiger partial charge < -0.3 is 9.64 Å². The van der Waals surface area contributed by atoms with Gasteiger partial charge in [0.2, 0.25) is 0 Å². The predicted molar refractivity (Wildman–Crippen MR) is 84.5 cm³/mol. The summed E-state index contributed by atoms with van der Waals surface area (Å²) in [6.07, 6.45) is 7.74. The van der Waals surface area contributed by atoms with E-state index in [1.807, 2.05) is 24.7 Å². The van der Waals surface area contributed by atoms with Crippen molar-refractivity contribution in [2.75, 3.05) is 18.1 Å². The van der Waals surface area contributed by atoms with E-state index in [1.54, 1.807) is 0 Å². The molecule has 1 fully saturated rings. The Hall–Kier alpha value is -1.81. The van der Waals surface area contributed by atoms with Gasteiger partial charge in [-0.15, -0.1) is 0 Å². The molecule has 0 saturated carbocycles. The van der Waals surface area contributed by atoms with Crippen LogP contribution in [0, 0.1) is 0 Å². The van der Waals surface area contributed by atoms with Crippen LogP contribution in [-0.4, -0.2) is 29.2 Å². The Bertz CT molecular complexity index is 744. The van der Waals surface area contributed by atoms with Gasteiger partial charge in [-0.2, -0.15) is 0 Å². The Morgan fingerprint density at radius 3 is 2.86 bits per heavy atom. The molecular weight excluding hydrogens is 286 g/mol. The van der Waals surface area contributed by atoms with Gasteiger partial charge in [-0.25, -0.2) is 9.97 Å². The number of aromatic nitrogens is 2. The van der Waals surface area contributed by atoms with Crippen LogP contribution >= 0.6 is 11.6 Å². The van der Waals surface area contributed by atoms with Crippen LogP contribution in [0.2, 0.25) is 5.15 Å². The molecule has 4 rings (SSSR count). The number of nitrogens with zero attached hydrogens (tertiary/aromatic N) is 3. The van der Waals surface area contributed by atoms with Crippen molar-refractivity contribution in [2.24, 2.45) is 0 Å². The lowest BCUT2D eigenvalue weighted by Gasteiger charge is -2.40. The summed E-state index contributed by atoms with van der Waals surface area (Å²) >= 11 is 6.11. The molecule has 2 aliphatic rings. The first-order valence-electron chi connectivity index (χ1n) is 7.26. The van der Waals surface area contributed by atoms with Gasteiger partial charge in [-0.3, -0.25) is 0 Å². The second kappa shape index (κ2) is 4.88. The van der Waals surface area contributed by atoms with Crippen LogP contribution in [0.5, 0.6) is 0 Å². The lowest BCUT2D eigenvalue weighted by molar-refractivity contribution is 0.281. The third kappa shape index (κ3) is 2.05. The van der Waals surface area contributed by atoms with Gasteiger partial charge in [0, 0.05) is 42.4 Å². The SMILES string of the molecule is C[C@@H]1CCN1c1ncc(C2=COCC2)c2cc(Cl)ncc12. The Labute approximate surface area is 128 Å². The van der Waals surface area contributed by atoms with E-state index in [0.717, 1.165) is 41.7 Å². The van der Waals surface area contributed by atoms with E-state index in [-0.39, 0.29) is 0 Å².